The fraction of sp³-hybridized carbons (Fsp3) is 0.391. The van der Waals surface area contributed by atoms with E-state index in [1.807, 2.05) is 38.1 Å². The lowest BCUT2D eigenvalue weighted by Crippen LogP contribution is -2.82. The van der Waals surface area contributed by atoms with Crippen molar-refractivity contribution in [3.05, 3.63) is 59.2 Å². The summed E-state index contributed by atoms with van der Waals surface area (Å²) in [5.74, 6) is -0.417. The molecule has 1 amide bonds. The molecule has 0 fully saturated rings. The van der Waals surface area contributed by atoms with Gasteiger partial charge in [0.2, 0.25) is 0 Å². The first-order valence-electron chi connectivity index (χ1n) is 9.99. The van der Waals surface area contributed by atoms with Crippen LogP contribution >= 0.6 is 0 Å². The van der Waals surface area contributed by atoms with Crippen LogP contribution in [0.15, 0.2) is 42.5 Å². The molecule has 0 spiro atoms. The number of rotatable bonds is 10. The van der Waals surface area contributed by atoms with Crippen molar-refractivity contribution >= 4 is 17.7 Å². The summed E-state index contributed by atoms with van der Waals surface area (Å²) in [5.41, 5.74) is 3.31. The minimum atomic E-state index is -1.02. The maximum absolute atomic E-state index is 12.2. The SMILES string of the molecule is CCOc1ccc(CC(OC(C)C)C(=O)O)cc1COC(=O)[NH2+]c1ccc(C)cc1. The minimum absolute atomic E-state index is 0.0210. The number of ether oxygens (including phenoxy) is 3. The van der Waals surface area contributed by atoms with Crippen LogP contribution in [0.5, 0.6) is 5.75 Å². The summed E-state index contributed by atoms with van der Waals surface area (Å²) >= 11 is 0. The molecule has 0 bridgehead atoms. The molecule has 0 radical (unpaired) electrons. The van der Waals surface area contributed by atoms with Gasteiger partial charge in [-0.1, -0.05) is 23.8 Å². The van der Waals surface area contributed by atoms with Crippen LogP contribution < -0.4 is 10.1 Å². The van der Waals surface area contributed by atoms with Crippen molar-refractivity contribution in [2.24, 2.45) is 0 Å². The lowest BCUT2D eigenvalue weighted by molar-refractivity contribution is -0.483. The van der Waals surface area contributed by atoms with E-state index in [2.05, 4.69) is 0 Å². The Morgan fingerprint density at radius 3 is 2.40 bits per heavy atom. The van der Waals surface area contributed by atoms with Crippen molar-refractivity contribution in [2.45, 2.75) is 52.9 Å². The van der Waals surface area contributed by atoms with Crippen LogP contribution in [0.4, 0.5) is 10.5 Å². The lowest BCUT2D eigenvalue weighted by Gasteiger charge is -2.18. The van der Waals surface area contributed by atoms with E-state index in [4.69, 9.17) is 14.2 Å². The topological polar surface area (TPSA) is 98.7 Å². The molecule has 1 atom stereocenters. The van der Waals surface area contributed by atoms with E-state index in [1.165, 1.54) is 5.32 Å². The van der Waals surface area contributed by atoms with Crippen molar-refractivity contribution in [1.29, 1.82) is 0 Å². The average molecular weight is 416 g/mol. The first-order valence-corrected chi connectivity index (χ1v) is 9.99. The number of aliphatic carboxylic acids is 1. The summed E-state index contributed by atoms with van der Waals surface area (Å²) in [7, 11) is 0. The number of hydrogen-bond acceptors (Lipinski definition) is 5. The number of carboxylic acids is 1. The molecule has 3 N–H and O–H groups in total. The number of benzene rings is 2. The normalized spacial score (nSPS) is 11.9. The van der Waals surface area contributed by atoms with Crippen LogP contribution in [0.3, 0.4) is 0 Å². The average Bonchev–Trinajstić information content (AvgIpc) is 2.69. The van der Waals surface area contributed by atoms with Crippen LogP contribution in [0.1, 0.15) is 37.5 Å². The standard InChI is InChI=1S/C23H29NO6/c1-5-28-20-11-8-17(13-21(22(25)26)30-15(2)3)12-18(20)14-29-23(27)24-19-9-6-16(4)7-10-19/h6-12,15,21H,5,13-14H2,1-4H3,(H,24,27)(H,25,26)/p+1. The Kier molecular flexibility index (Phi) is 8.83. The predicted molar refractivity (Wildman–Crippen MR) is 112 cm³/mol. The maximum atomic E-state index is 12.2. The number of hydrogen-bond donors (Lipinski definition) is 2. The quantitative estimate of drug-likeness (QED) is 0.577. The van der Waals surface area contributed by atoms with Gasteiger partial charge in [-0.05, 0) is 57.5 Å². The number of primary amides is 1. The summed E-state index contributed by atoms with van der Waals surface area (Å²) in [6.45, 7) is 7.92. The van der Waals surface area contributed by atoms with Crippen molar-refractivity contribution in [1.82, 2.24) is 0 Å². The largest absolute Gasteiger partial charge is 0.518 e. The van der Waals surface area contributed by atoms with Gasteiger partial charge in [0.1, 0.15) is 18.0 Å². The van der Waals surface area contributed by atoms with Gasteiger partial charge in [0.15, 0.2) is 6.10 Å². The number of aryl methyl sites for hydroxylation is 1. The molecule has 0 aliphatic carbocycles. The number of carboxylic acid groups (broad SMARTS) is 1. The van der Waals surface area contributed by atoms with Crippen molar-refractivity contribution in [2.75, 3.05) is 6.61 Å². The van der Waals surface area contributed by atoms with Gasteiger partial charge in [-0.2, -0.15) is 4.79 Å². The van der Waals surface area contributed by atoms with Crippen LogP contribution in [0.2, 0.25) is 0 Å². The third-order valence-electron chi connectivity index (χ3n) is 4.29. The minimum Gasteiger partial charge on any atom is -0.493 e. The summed E-state index contributed by atoms with van der Waals surface area (Å²) in [5, 5.41) is 10.8. The highest BCUT2D eigenvalue weighted by Crippen LogP contribution is 2.23. The molecule has 0 aliphatic heterocycles. The molecule has 7 nitrogen and oxygen atoms in total. The number of carbonyl (C=O) groups excluding carboxylic acids is 1. The van der Waals surface area contributed by atoms with Crippen LogP contribution in [-0.2, 0) is 27.3 Å². The Morgan fingerprint density at radius 2 is 1.80 bits per heavy atom. The summed E-state index contributed by atoms with van der Waals surface area (Å²) in [6, 6.07) is 12.9. The highest BCUT2D eigenvalue weighted by Gasteiger charge is 2.21. The van der Waals surface area contributed by atoms with Gasteiger partial charge in [-0.15, -0.1) is 0 Å². The Hall–Kier alpha value is -2.90. The second-order valence-corrected chi connectivity index (χ2v) is 7.25. The zero-order valence-electron chi connectivity index (χ0n) is 17.9. The van der Waals surface area contributed by atoms with E-state index in [9.17, 15) is 14.7 Å². The monoisotopic (exact) mass is 416 g/mol. The molecular weight excluding hydrogens is 386 g/mol. The van der Waals surface area contributed by atoms with Crippen LogP contribution in [0.25, 0.3) is 0 Å². The molecule has 7 heteroatoms. The van der Waals surface area contributed by atoms with Gasteiger partial charge in [-0.3, -0.25) is 0 Å². The second kappa shape index (κ2) is 11.3. The molecular formula is C23H30NO6+. The van der Waals surface area contributed by atoms with Crippen LogP contribution in [-0.4, -0.2) is 36.0 Å². The summed E-state index contributed by atoms with van der Waals surface area (Å²) < 4.78 is 16.5. The van der Waals surface area contributed by atoms with Crippen molar-refractivity contribution in [3.63, 3.8) is 0 Å². The predicted octanol–water partition coefficient (Wildman–Crippen LogP) is 3.35. The Bertz CT molecular complexity index is 847. The summed E-state index contributed by atoms with van der Waals surface area (Å²) in [4.78, 5) is 23.7. The number of nitrogens with two attached hydrogens (primary N) is 1. The van der Waals surface area contributed by atoms with Crippen molar-refractivity contribution in [3.8, 4) is 5.75 Å². The van der Waals surface area contributed by atoms with E-state index in [-0.39, 0.29) is 19.1 Å². The molecule has 0 heterocycles. The Labute approximate surface area is 177 Å². The molecule has 2 rings (SSSR count). The highest BCUT2D eigenvalue weighted by atomic mass is 16.5. The molecule has 0 saturated heterocycles. The number of carbonyl (C=O) groups is 2. The zero-order valence-corrected chi connectivity index (χ0v) is 17.9. The molecule has 2 aromatic carbocycles. The third-order valence-corrected chi connectivity index (χ3v) is 4.29. The zero-order chi connectivity index (χ0) is 22.1. The van der Waals surface area contributed by atoms with Gasteiger partial charge in [0.25, 0.3) is 0 Å². The fourth-order valence-electron chi connectivity index (χ4n) is 2.89. The van der Waals surface area contributed by atoms with Gasteiger partial charge in [0.05, 0.1) is 12.7 Å². The Morgan fingerprint density at radius 1 is 1.10 bits per heavy atom. The molecule has 162 valence electrons. The van der Waals surface area contributed by atoms with Gasteiger partial charge in [-0.25, -0.2) is 10.1 Å². The lowest BCUT2D eigenvalue weighted by atomic mass is 10.0. The molecule has 0 saturated carbocycles. The second-order valence-electron chi connectivity index (χ2n) is 7.25. The molecule has 2 aromatic rings. The van der Waals surface area contributed by atoms with Gasteiger partial charge < -0.3 is 19.3 Å². The van der Waals surface area contributed by atoms with Crippen molar-refractivity contribution < 1.29 is 34.2 Å². The first-order chi connectivity index (χ1) is 14.3. The summed E-state index contributed by atoms with van der Waals surface area (Å²) in [6.07, 6.45) is -1.41. The van der Waals surface area contributed by atoms with Gasteiger partial charge in [0, 0.05) is 12.0 Å². The molecule has 30 heavy (non-hydrogen) atoms. The molecule has 0 aliphatic rings. The van der Waals surface area contributed by atoms with E-state index >= 15 is 0 Å². The van der Waals surface area contributed by atoms with Gasteiger partial charge >= 0.3 is 12.1 Å². The van der Waals surface area contributed by atoms with E-state index in [0.29, 0.717) is 17.9 Å². The smallest absolute Gasteiger partial charge is 0.493 e. The van der Waals surface area contributed by atoms with Crippen LogP contribution in [0, 0.1) is 6.92 Å². The highest BCUT2D eigenvalue weighted by molar-refractivity contribution is 5.72. The number of amides is 1. The molecule has 1 unspecified atom stereocenters. The Balaban J connectivity index is 2.08. The first kappa shape index (κ1) is 23.4. The van der Waals surface area contributed by atoms with E-state index < -0.39 is 18.2 Å². The maximum Gasteiger partial charge on any atom is 0.518 e. The molecule has 0 aromatic heterocycles. The van der Waals surface area contributed by atoms with E-state index in [1.54, 1.807) is 32.0 Å². The van der Waals surface area contributed by atoms with E-state index in [0.717, 1.165) is 16.8 Å². The number of quaternary nitrogens is 1. The third kappa shape index (κ3) is 7.50. The fourth-order valence-corrected chi connectivity index (χ4v) is 2.89.